The predicted octanol–water partition coefficient (Wildman–Crippen LogP) is 0.949. The van der Waals surface area contributed by atoms with E-state index in [4.69, 9.17) is 5.73 Å². The van der Waals surface area contributed by atoms with Gasteiger partial charge in [-0.15, -0.1) is 0 Å². The van der Waals surface area contributed by atoms with Gasteiger partial charge in [-0.05, 0) is 18.1 Å². The van der Waals surface area contributed by atoms with E-state index in [2.05, 4.69) is 39.0 Å². The van der Waals surface area contributed by atoms with E-state index < -0.39 is 0 Å². The normalized spacial score (nSPS) is 11.2. The number of aromatic nitrogens is 7. The Balaban J connectivity index is 2.05. The second-order valence-corrected chi connectivity index (χ2v) is 4.58. The molecular formula is C12H14N8. The molecule has 8 heteroatoms. The lowest BCUT2D eigenvalue weighted by molar-refractivity contribution is 0.720. The summed E-state index contributed by atoms with van der Waals surface area (Å²) in [5.41, 5.74) is 6.69. The first-order valence-electron chi connectivity index (χ1n) is 6.21. The number of anilines is 1. The number of nitrogens with zero attached hydrogens (tertiary/aromatic N) is 7. The van der Waals surface area contributed by atoms with Crippen LogP contribution in [0.3, 0.4) is 0 Å². The van der Waals surface area contributed by atoms with Crippen molar-refractivity contribution in [3.05, 3.63) is 36.4 Å². The lowest BCUT2D eigenvalue weighted by Gasteiger charge is -2.04. The summed E-state index contributed by atoms with van der Waals surface area (Å²) in [4.78, 5) is 12.5. The van der Waals surface area contributed by atoms with Crippen molar-refractivity contribution < 1.29 is 0 Å². The van der Waals surface area contributed by atoms with Crippen LogP contribution in [0.4, 0.5) is 5.95 Å². The molecule has 102 valence electrons. The Morgan fingerprint density at radius 3 is 2.40 bits per heavy atom. The van der Waals surface area contributed by atoms with Gasteiger partial charge in [0, 0.05) is 18.6 Å². The molecule has 2 N–H and O–H groups in total. The molecule has 3 rings (SSSR count). The average Bonchev–Trinajstić information content (AvgIpc) is 3.10. The third-order valence-corrected chi connectivity index (χ3v) is 2.74. The summed E-state index contributed by atoms with van der Waals surface area (Å²) in [5.74, 6) is 1.19. The quantitative estimate of drug-likeness (QED) is 0.760. The monoisotopic (exact) mass is 270 g/mol. The first-order chi connectivity index (χ1) is 9.63. The van der Waals surface area contributed by atoms with E-state index in [1.165, 1.54) is 4.68 Å². The number of nitrogen functional groups attached to an aromatic ring is 1. The molecule has 0 radical (unpaired) electrons. The Morgan fingerprint density at radius 1 is 1.05 bits per heavy atom. The molecule has 0 amide bonds. The van der Waals surface area contributed by atoms with Gasteiger partial charge in [-0.2, -0.15) is 25.1 Å². The SMILES string of the molecule is CC(C)c1ccn(-c2nc(N)nc(-n3cccn3)n2)n1. The highest BCUT2D eigenvalue weighted by Gasteiger charge is 2.10. The van der Waals surface area contributed by atoms with Crippen molar-refractivity contribution in [3.8, 4) is 11.9 Å². The zero-order valence-corrected chi connectivity index (χ0v) is 11.2. The lowest BCUT2D eigenvalue weighted by atomic mass is 10.1. The molecule has 0 saturated heterocycles. The standard InChI is InChI=1S/C12H14N8/c1-8(2)9-4-7-20(18-9)12-16-10(13)15-11(17-12)19-6-3-5-14-19/h3-8H,1-2H3,(H2,13,15,16,17). The van der Waals surface area contributed by atoms with Crippen molar-refractivity contribution in [1.82, 2.24) is 34.5 Å². The summed E-state index contributed by atoms with van der Waals surface area (Å²) in [5, 5.41) is 8.50. The van der Waals surface area contributed by atoms with Crippen LogP contribution in [0.1, 0.15) is 25.5 Å². The van der Waals surface area contributed by atoms with E-state index in [-0.39, 0.29) is 5.95 Å². The fraction of sp³-hybridized carbons (Fsp3) is 0.250. The summed E-state index contributed by atoms with van der Waals surface area (Å²) in [6.07, 6.45) is 5.18. The molecule has 0 aliphatic heterocycles. The third-order valence-electron chi connectivity index (χ3n) is 2.74. The lowest BCUT2D eigenvalue weighted by Crippen LogP contribution is -2.12. The fourth-order valence-corrected chi connectivity index (χ4v) is 1.72. The Labute approximate surface area is 115 Å². The maximum atomic E-state index is 5.73. The molecule has 3 heterocycles. The Bertz CT molecular complexity index is 713. The molecule has 0 fully saturated rings. The Kier molecular flexibility index (Phi) is 2.90. The van der Waals surface area contributed by atoms with Crippen LogP contribution in [0, 0.1) is 0 Å². The van der Waals surface area contributed by atoms with Crippen LogP contribution in [0.15, 0.2) is 30.7 Å². The fourth-order valence-electron chi connectivity index (χ4n) is 1.72. The molecule has 0 atom stereocenters. The maximum Gasteiger partial charge on any atom is 0.257 e. The summed E-state index contributed by atoms with van der Waals surface area (Å²) >= 11 is 0. The molecule has 0 bridgehead atoms. The minimum atomic E-state index is 0.127. The zero-order valence-electron chi connectivity index (χ0n) is 11.2. The molecule has 20 heavy (non-hydrogen) atoms. The van der Waals surface area contributed by atoms with Crippen molar-refractivity contribution in [2.75, 3.05) is 5.73 Å². The van der Waals surface area contributed by atoms with E-state index in [0.29, 0.717) is 17.8 Å². The van der Waals surface area contributed by atoms with Crippen LogP contribution >= 0.6 is 0 Å². The van der Waals surface area contributed by atoms with Crippen LogP contribution < -0.4 is 5.73 Å². The van der Waals surface area contributed by atoms with E-state index in [9.17, 15) is 0 Å². The van der Waals surface area contributed by atoms with Gasteiger partial charge in [0.2, 0.25) is 5.95 Å². The van der Waals surface area contributed by atoms with Gasteiger partial charge in [-0.3, -0.25) is 0 Å². The molecule has 0 aliphatic carbocycles. The van der Waals surface area contributed by atoms with Gasteiger partial charge < -0.3 is 5.73 Å². The molecule has 0 spiro atoms. The Morgan fingerprint density at radius 2 is 1.80 bits per heavy atom. The zero-order chi connectivity index (χ0) is 14.1. The number of nitrogens with two attached hydrogens (primary N) is 1. The first kappa shape index (κ1) is 12.3. The van der Waals surface area contributed by atoms with Gasteiger partial charge in [-0.25, -0.2) is 9.36 Å². The van der Waals surface area contributed by atoms with Gasteiger partial charge in [-0.1, -0.05) is 13.8 Å². The molecule has 3 aromatic rings. The molecular weight excluding hydrogens is 256 g/mol. The highest BCUT2D eigenvalue weighted by molar-refractivity contribution is 5.28. The molecule has 0 saturated carbocycles. The van der Waals surface area contributed by atoms with Crippen LogP contribution in [-0.2, 0) is 0 Å². The second-order valence-electron chi connectivity index (χ2n) is 4.58. The van der Waals surface area contributed by atoms with Gasteiger partial charge >= 0.3 is 0 Å². The summed E-state index contributed by atoms with van der Waals surface area (Å²) in [6, 6.07) is 3.71. The van der Waals surface area contributed by atoms with Gasteiger partial charge in [0.1, 0.15) is 0 Å². The molecule has 8 nitrogen and oxygen atoms in total. The van der Waals surface area contributed by atoms with Crippen LogP contribution in [0.2, 0.25) is 0 Å². The largest absolute Gasteiger partial charge is 0.368 e. The van der Waals surface area contributed by atoms with Crippen molar-refractivity contribution >= 4 is 5.95 Å². The number of hydrogen-bond acceptors (Lipinski definition) is 6. The first-order valence-corrected chi connectivity index (χ1v) is 6.21. The minimum absolute atomic E-state index is 0.127. The average molecular weight is 270 g/mol. The summed E-state index contributed by atoms with van der Waals surface area (Å²) in [7, 11) is 0. The van der Waals surface area contributed by atoms with E-state index >= 15 is 0 Å². The second kappa shape index (κ2) is 4.72. The highest BCUT2D eigenvalue weighted by Crippen LogP contribution is 2.13. The summed E-state index contributed by atoms with van der Waals surface area (Å²) < 4.78 is 3.11. The van der Waals surface area contributed by atoms with Crippen LogP contribution in [0.25, 0.3) is 11.9 Å². The van der Waals surface area contributed by atoms with Crippen LogP contribution in [0.5, 0.6) is 0 Å². The maximum absolute atomic E-state index is 5.73. The number of rotatable bonds is 3. The molecule has 0 aliphatic rings. The van der Waals surface area contributed by atoms with Crippen LogP contribution in [-0.4, -0.2) is 34.5 Å². The topological polar surface area (TPSA) is 100 Å². The highest BCUT2D eigenvalue weighted by atomic mass is 15.4. The smallest absolute Gasteiger partial charge is 0.257 e. The third kappa shape index (κ3) is 2.22. The van der Waals surface area contributed by atoms with Crippen molar-refractivity contribution in [2.24, 2.45) is 0 Å². The van der Waals surface area contributed by atoms with Gasteiger partial charge in [0.05, 0.1) is 5.69 Å². The molecule has 0 aromatic carbocycles. The van der Waals surface area contributed by atoms with Gasteiger partial charge in [0.15, 0.2) is 0 Å². The van der Waals surface area contributed by atoms with Crippen molar-refractivity contribution in [3.63, 3.8) is 0 Å². The Hall–Kier alpha value is -2.77. The summed E-state index contributed by atoms with van der Waals surface area (Å²) in [6.45, 7) is 4.15. The minimum Gasteiger partial charge on any atom is -0.368 e. The molecule has 0 unspecified atom stereocenters. The van der Waals surface area contributed by atoms with Gasteiger partial charge in [0.25, 0.3) is 11.9 Å². The van der Waals surface area contributed by atoms with Crippen molar-refractivity contribution in [1.29, 1.82) is 0 Å². The van der Waals surface area contributed by atoms with Crippen molar-refractivity contribution in [2.45, 2.75) is 19.8 Å². The predicted molar refractivity (Wildman–Crippen MR) is 72.6 cm³/mol. The molecule has 3 aromatic heterocycles. The number of hydrogen-bond donors (Lipinski definition) is 1. The van der Waals surface area contributed by atoms with E-state index in [1.54, 1.807) is 29.3 Å². The van der Waals surface area contributed by atoms with E-state index in [1.807, 2.05) is 6.07 Å². The van der Waals surface area contributed by atoms with E-state index in [0.717, 1.165) is 5.69 Å².